The molecule has 0 spiro atoms. The Morgan fingerprint density at radius 1 is 1.00 bits per heavy atom. The third kappa shape index (κ3) is 14.3. The van der Waals surface area contributed by atoms with Gasteiger partial charge in [0.1, 0.15) is 0 Å². The summed E-state index contributed by atoms with van der Waals surface area (Å²) in [6.45, 7) is 11.9. The van der Waals surface area contributed by atoms with Gasteiger partial charge in [-0.15, -0.1) is 0 Å². The van der Waals surface area contributed by atoms with Crippen molar-refractivity contribution < 1.29 is 27.8 Å². The van der Waals surface area contributed by atoms with Gasteiger partial charge in [-0.2, -0.15) is 4.31 Å². The molecule has 2 rings (SSSR count). The number of nitrogens with two attached hydrogens (primary N) is 1. The zero-order valence-electron chi connectivity index (χ0n) is 24.6. The first-order valence-electron chi connectivity index (χ1n) is 13.5. The van der Waals surface area contributed by atoms with Crippen molar-refractivity contribution in [1.29, 1.82) is 0 Å². The summed E-state index contributed by atoms with van der Waals surface area (Å²) < 4.78 is 37.5. The van der Waals surface area contributed by atoms with Crippen LogP contribution in [0.5, 0.6) is 0 Å². The van der Waals surface area contributed by atoms with E-state index < -0.39 is 28.3 Å². The molecule has 0 aromatic heterocycles. The number of unbranched alkanes of at least 4 members (excludes halogenated alkanes) is 1. The van der Waals surface area contributed by atoms with Gasteiger partial charge < -0.3 is 25.6 Å². The van der Waals surface area contributed by atoms with Gasteiger partial charge in [0, 0.05) is 25.9 Å². The van der Waals surface area contributed by atoms with Gasteiger partial charge in [0.15, 0.2) is 6.79 Å². The summed E-state index contributed by atoms with van der Waals surface area (Å²) in [5.41, 5.74) is 7.01. The minimum absolute atomic E-state index is 0.00737. The molecule has 0 bridgehead atoms. The summed E-state index contributed by atoms with van der Waals surface area (Å²) in [7, 11) is -2.52. The Kier molecular flexibility index (Phi) is 18.9. The second-order valence-electron chi connectivity index (χ2n) is 9.13. The van der Waals surface area contributed by atoms with Gasteiger partial charge in [-0.05, 0) is 42.2 Å². The Morgan fingerprint density at radius 2 is 1.56 bits per heavy atom. The van der Waals surface area contributed by atoms with Crippen LogP contribution in [0, 0.1) is 5.92 Å². The van der Waals surface area contributed by atoms with Gasteiger partial charge in [-0.25, -0.2) is 13.2 Å². The largest absolute Gasteiger partial charge is 0.422 e. The van der Waals surface area contributed by atoms with Crippen molar-refractivity contribution in [3.63, 3.8) is 0 Å². The van der Waals surface area contributed by atoms with E-state index >= 15 is 0 Å². The van der Waals surface area contributed by atoms with Crippen molar-refractivity contribution in [2.24, 2.45) is 5.92 Å². The van der Waals surface area contributed by atoms with Crippen LogP contribution in [0.2, 0.25) is 0 Å². The van der Waals surface area contributed by atoms with Gasteiger partial charge in [0.05, 0.1) is 17.0 Å². The van der Waals surface area contributed by atoms with E-state index in [4.69, 9.17) is 15.2 Å². The summed E-state index contributed by atoms with van der Waals surface area (Å²) in [5.74, 6) is 0.00737. The molecule has 39 heavy (non-hydrogen) atoms. The number of benzene rings is 2. The summed E-state index contributed by atoms with van der Waals surface area (Å²) >= 11 is 0. The monoisotopic (exact) mass is 567 g/mol. The van der Waals surface area contributed by atoms with E-state index in [1.165, 1.54) is 48.5 Å². The minimum atomic E-state index is -3.90. The maximum atomic E-state index is 13.3. The molecule has 9 nitrogen and oxygen atoms in total. The lowest BCUT2D eigenvalue weighted by atomic mass is 10.0. The van der Waals surface area contributed by atoms with Gasteiger partial charge in [0.2, 0.25) is 10.0 Å². The quantitative estimate of drug-likeness (QED) is 0.228. The third-order valence-electron chi connectivity index (χ3n) is 5.35. The molecular weight excluding hydrogens is 518 g/mol. The zero-order chi connectivity index (χ0) is 29.8. The number of ether oxygens (including phenoxy) is 2. The van der Waals surface area contributed by atoms with Crippen LogP contribution in [0.1, 0.15) is 59.9 Å². The van der Waals surface area contributed by atoms with E-state index in [0.717, 1.165) is 5.56 Å². The molecule has 4 N–H and O–H groups in total. The number of alkyl carbamates (subject to hydrolysis) is 1. The van der Waals surface area contributed by atoms with Crippen LogP contribution < -0.4 is 11.1 Å². The number of amides is 1. The second-order valence-corrected chi connectivity index (χ2v) is 11.1. The molecule has 222 valence electrons. The summed E-state index contributed by atoms with van der Waals surface area (Å²) in [4.78, 5) is 12.2. The molecule has 0 heterocycles. The first-order chi connectivity index (χ1) is 18.5. The fourth-order valence-corrected chi connectivity index (χ4v) is 4.88. The molecule has 1 amide bonds. The van der Waals surface area contributed by atoms with Crippen LogP contribution in [0.3, 0.4) is 0 Å². The predicted molar refractivity (Wildman–Crippen MR) is 158 cm³/mol. The highest BCUT2D eigenvalue weighted by Gasteiger charge is 2.31. The van der Waals surface area contributed by atoms with Crippen molar-refractivity contribution in [3.8, 4) is 0 Å². The van der Waals surface area contributed by atoms with Crippen molar-refractivity contribution >= 4 is 21.8 Å². The standard InChI is InChI=1S/C23H33N3O6S.C4H10.C2H6/c1-17(2)14-26(33(29,30)20-11-9-19(24)10-12-20)15-22(27)21(25-23(28)32-16-31-3)13-18-7-5-4-6-8-18;1-3-4-2;1-2/h4-12,17,21-22,27H,13-16,24H2,1-3H3,(H,25,28);3-4H2,1-2H3;1-2H3. The molecule has 2 aromatic carbocycles. The molecule has 0 aliphatic rings. The Bertz CT molecular complexity index is 999. The second kappa shape index (κ2) is 20.3. The number of aliphatic hydroxyl groups excluding tert-OH is 1. The Morgan fingerprint density at radius 3 is 2.05 bits per heavy atom. The van der Waals surface area contributed by atoms with Crippen LogP contribution in [0.15, 0.2) is 59.5 Å². The Labute approximate surface area is 235 Å². The van der Waals surface area contributed by atoms with E-state index in [2.05, 4.69) is 19.2 Å². The minimum Gasteiger partial charge on any atom is -0.422 e. The normalized spacial score (nSPS) is 12.5. The number of hydrogen-bond donors (Lipinski definition) is 3. The lowest BCUT2D eigenvalue weighted by molar-refractivity contribution is 0.00685. The molecule has 0 saturated heterocycles. The molecule has 0 aliphatic heterocycles. The van der Waals surface area contributed by atoms with Gasteiger partial charge in [-0.3, -0.25) is 0 Å². The Balaban J connectivity index is 0.00000220. The van der Waals surface area contributed by atoms with Gasteiger partial charge >= 0.3 is 6.09 Å². The van der Waals surface area contributed by atoms with Crippen LogP contribution in [0.25, 0.3) is 0 Å². The van der Waals surface area contributed by atoms with Crippen molar-refractivity contribution in [3.05, 3.63) is 60.2 Å². The number of hydrogen-bond acceptors (Lipinski definition) is 7. The number of nitrogens with zero attached hydrogens (tertiary/aromatic N) is 1. The van der Waals surface area contributed by atoms with Crippen molar-refractivity contribution in [2.45, 2.75) is 77.8 Å². The number of rotatable bonds is 13. The SMILES string of the molecule is CC.CCCC.COCOC(=O)NC(Cc1ccccc1)C(O)CN(CC(C)C)S(=O)(=O)c1ccc(N)cc1. The van der Waals surface area contributed by atoms with Crippen LogP contribution in [-0.4, -0.2) is 63.1 Å². The number of methoxy groups -OCH3 is 1. The lowest BCUT2D eigenvalue weighted by Gasteiger charge is -2.30. The number of aliphatic hydroxyl groups is 1. The van der Waals surface area contributed by atoms with Gasteiger partial charge in [-0.1, -0.05) is 84.7 Å². The number of nitrogens with one attached hydrogen (secondary N) is 1. The first-order valence-corrected chi connectivity index (χ1v) is 15.0. The number of sulfonamides is 1. The molecule has 2 unspecified atom stereocenters. The van der Waals surface area contributed by atoms with E-state index in [1.807, 2.05) is 58.0 Å². The van der Waals surface area contributed by atoms with Crippen molar-refractivity contribution in [1.82, 2.24) is 9.62 Å². The number of carbonyl (C=O) groups is 1. The van der Waals surface area contributed by atoms with Crippen LogP contribution in [0.4, 0.5) is 10.5 Å². The van der Waals surface area contributed by atoms with Crippen LogP contribution in [-0.2, 0) is 25.9 Å². The zero-order valence-corrected chi connectivity index (χ0v) is 25.4. The average Bonchev–Trinajstić information content (AvgIpc) is 2.93. The number of nitrogen functional groups attached to an aromatic ring is 1. The number of carbonyl (C=O) groups excluding carboxylic acids is 1. The van der Waals surface area contributed by atoms with Crippen molar-refractivity contribution in [2.75, 3.05) is 32.7 Å². The molecule has 0 aliphatic carbocycles. The molecule has 10 heteroatoms. The molecular formula is C29H49N3O6S. The fourth-order valence-electron chi connectivity index (χ4n) is 3.26. The summed E-state index contributed by atoms with van der Waals surface area (Å²) in [6.07, 6.45) is 0.942. The highest BCUT2D eigenvalue weighted by molar-refractivity contribution is 7.89. The summed E-state index contributed by atoms with van der Waals surface area (Å²) in [6, 6.07) is 14.4. The van der Waals surface area contributed by atoms with E-state index in [9.17, 15) is 18.3 Å². The van der Waals surface area contributed by atoms with Gasteiger partial charge in [0.25, 0.3) is 0 Å². The molecule has 0 fully saturated rings. The van der Waals surface area contributed by atoms with E-state index in [0.29, 0.717) is 5.69 Å². The smallest absolute Gasteiger partial charge is 0.409 e. The summed E-state index contributed by atoms with van der Waals surface area (Å²) in [5, 5.41) is 13.7. The number of anilines is 1. The highest BCUT2D eigenvalue weighted by Crippen LogP contribution is 2.20. The average molecular weight is 568 g/mol. The van der Waals surface area contributed by atoms with E-state index in [-0.39, 0.29) is 37.1 Å². The molecule has 2 aromatic rings. The molecule has 0 saturated carbocycles. The van der Waals surface area contributed by atoms with E-state index in [1.54, 1.807) is 0 Å². The maximum absolute atomic E-state index is 13.3. The topological polar surface area (TPSA) is 131 Å². The highest BCUT2D eigenvalue weighted by atomic mass is 32.2. The van der Waals surface area contributed by atoms with Crippen LogP contribution >= 0.6 is 0 Å². The first kappa shape index (κ1) is 36.3. The lowest BCUT2D eigenvalue weighted by Crippen LogP contribution is -2.51. The predicted octanol–water partition coefficient (Wildman–Crippen LogP) is 5.05. The Hall–Kier alpha value is -2.66. The molecule has 2 atom stereocenters. The molecule has 0 radical (unpaired) electrons. The fraction of sp³-hybridized carbons (Fsp3) is 0.552. The maximum Gasteiger partial charge on any atom is 0.409 e. The third-order valence-corrected chi connectivity index (χ3v) is 7.20.